The summed E-state index contributed by atoms with van der Waals surface area (Å²) < 4.78 is 2.69. The minimum absolute atomic E-state index is 0.167. The van der Waals surface area contributed by atoms with Crippen LogP contribution in [0.3, 0.4) is 0 Å². The molecule has 4 aromatic rings. The second-order valence-electron chi connectivity index (χ2n) is 9.77. The lowest BCUT2D eigenvalue weighted by Gasteiger charge is -2.53. The van der Waals surface area contributed by atoms with Crippen LogP contribution in [-0.4, -0.2) is 21.6 Å². The average Bonchev–Trinajstić information content (AvgIpc) is 3.32. The number of hydrogen-bond acceptors (Lipinski definition) is 3. The number of amides is 2. The number of nitrogens with zero attached hydrogens (tertiary/aromatic N) is 3. The van der Waals surface area contributed by atoms with E-state index < -0.39 is 11.5 Å². The Balaban J connectivity index is 1.61. The summed E-state index contributed by atoms with van der Waals surface area (Å²) in [4.78, 5) is 30.6. The van der Waals surface area contributed by atoms with Gasteiger partial charge in [0.1, 0.15) is 0 Å². The summed E-state index contributed by atoms with van der Waals surface area (Å²) in [5, 5.41) is 4.87. The van der Waals surface area contributed by atoms with Gasteiger partial charge < -0.3 is 0 Å². The van der Waals surface area contributed by atoms with Gasteiger partial charge in [-0.25, -0.2) is 4.90 Å². The number of imide groups is 1. The summed E-state index contributed by atoms with van der Waals surface area (Å²) in [6, 6.07) is 26.0. The summed E-state index contributed by atoms with van der Waals surface area (Å²) >= 11 is 3.51. The smallest absolute Gasteiger partial charge is 0.263 e. The molecule has 2 amide bonds. The molecule has 1 aliphatic heterocycles. The molecule has 6 heteroatoms. The van der Waals surface area contributed by atoms with E-state index in [-0.39, 0.29) is 23.7 Å². The fraction of sp³-hybridized carbons (Fsp3) is 0.207. The Morgan fingerprint density at radius 1 is 0.829 bits per heavy atom. The maximum atomic E-state index is 14.8. The number of anilines is 1. The third kappa shape index (κ3) is 2.45. The molecule has 0 saturated carbocycles. The maximum Gasteiger partial charge on any atom is 0.263 e. The molecule has 2 heterocycles. The number of carbonyl (C=O) groups is 2. The number of hydrogen-bond donors (Lipinski definition) is 0. The second-order valence-corrected chi connectivity index (χ2v) is 10.7. The topological polar surface area (TPSA) is 55.2 Å². The number of carbonyl (C=O) groups excluding carboxylic acids is 2. The predicted octanol–water partition coefficient (Wildman–Crippen LogP) is 5.44. The zero-order chi connectivity index (χ0) is 24.1. The van der Waals surface area contributed by atoms with Gasteiger partial charge in [0.25, 0.3) is 5.91 Å². The van der Waals surface area contributed by atoms with Crippen LogP contribution in [0.5, 0.6) is 0 Å². The highest BCUT2D eigenvalue weighted by molar-refractivity contribution is 9.10. The van der Waals surface area contributed by atoms with Gasteiger partial charge in [-0.2, -0.15) is 5.10 Å². The molecule has 2 unspecified atom stereocenters. The van der Waals surface area contributed by atoms with Crippen LogP contribution >= 0.6 is 15.9 Å². The first-order valence-electron chi connectivity index (χ1n) is 11.8. The minimum Gasteiger partial charge on any atom is -0.274 e. The molecular weight excluding hydrogens is 502 g/mol. The predicted molar refractivity (Wildman–Crippen MR) is 136 cm³/mol. The quantitative estimate of drug-likeness (QED) is 0.329. The molecule has 8 rings (SSSR count). The van der Waals surface area contributed by atoms with Gasteiger partial charge >= 0.3 is 0 Å². The van der Waals surface area contributed by atoms with Crippen molar-refractivity contribution in [1.82, 2.24) is 9.78 Å². The van der Waals surface area contributed by atoms with Crippen molar-refractivity contribution < 1.29 is 9.59 Å². The maximum absolute atomic E-state index is 14.8. The molecule has 0 spiro atoms. The van der Waals surface area contributed by atoms with Crippen molar-refractivity contribution in [2.24, 2.45) is 5.92 Å². The lowest BCUT2D eigenvalue weighted by atomic mass is 9.51. The van der Waals surface area contributed by atoms with E-state index in [0.717, 1.165) is 38.1 Å². The minimum atomic E-state index is -1.18. The van der Waals surface area contributed by atoms with E-state index in [4.69, 9.17) is 5.10 Å². The Hall–Kier alpha value is -3.51. The van der Waals surface area contributed by atoms with Gasteiger partial charge in [0.2, 0.25) is 5.91 Å². The summed E-state index contributed by atoms with van der Waals surface area (Å²) in [5.74, 6) is -1.53. The largest absolute Gasteiger partial charge is 0.274 e. The third-order valence-corrected chi connectivity index (χ3v) is 8.48. The number of rotatable bonds is 2. The van der Waals surface area contributed by atoms with Crippen molar-refractivity contribution in [3.05, 3.63) is 117 Å². The Labute approximate surface area is 211 Å². The summed E-state index contributed by atoms with van der Waals surface area (Å²) in [7, 11) is 0. The first kappa shape index (κ1) is 20.8. The Bertz CT molecular complexity index is 1530. The van der Waals surface area contributed by atoms with Crippen LogP contribution in [-0.2, 0) is 15.1 Å². The van der Waals surface area contributed by atoms with E-state index in [1.807, 2.05) is 73.1 Å². The highest BCUT2D eigenvalue weighted by Gasteiger charge is 2.73. The standard InChI is InChI=1S/C29H22BrN3O2/c1-16-14-17(2)33(31-16)29-25-22-12-5-3-10-20(22)24(21-11-4-6-13-23(21)25)26(29)27(34)32(28(29)35)19-9-7-8-18(30)15-19/h3-15,24-26H,1-2H3. The number of benzene rings is 3. The van der Waals surface area contributed by atoms with Crippen molar-refractivity contribution >= 4 is 33.4 Å². The van der Waals surface area contributed by atoms with Gasteiger partial charge in [-0.15, -0.1) is 0 Å². The van der Waals surface area contributed by atoms with Crippen molar-refractivity contribution in [1.29, 1.82) is 0 Å². The van der Waals surface area contributed by atoms with E-state index in [2.05, 4.69) is 40.2 Å². The van der Waals surface area contributed by atoms with Crippen LogP contribution in [0.25, 0.3) is 0 Å². The van der Waals surface area contributed by atoms with Gasteiger partial charge in [0, 0.05) is 22.0 Å². The van der Waals surface area contributed by atoms with Crippen LogP contribution in [0.1, 0.15) is 45.5 Å². The van der Waals surface area contributed by atoms with Gasteiger partial charge in [-0.05, 0) is 60.4 Å². The summed E-state index contributed by atoms with van der Waals surface area (Å²) in [6.45, 7) is 3.91. The van der Waals surface area contributed by atoms with Crippen LogP contribution in [0.15, 0.2) is 83.3 Å². The van der Waals surface area contributed by atoms with Crippen molar-refractivity contribution in [2.75, 3.05) is 4.90 Å². The van der Waals surface area contributed by atoms with E-state index in [0.29, 0.717) is 5.69 Å². The Kier molecular flexibility index (Phi) is 4.17. The molecule has 5 nitrogen and oxygen atoms in total. The van der Waals surface area contributed by atoms with Crippen molar-refractivity contribution in [3.8, 4) is 0 Å². The lowest BCUT2D eigenvalue weighted by Crippen LogP contribution is -2.58. The monoisotopic (exact) mass is 523 g/mol. The average molecular weight is 524 g/mol. The number of halogens is 1. The molecule has 1 fully saturated rings. The first-order chi connectivity index (χ1) is 16.9. The molecule has 35 heavy (non-hydrogen) atoms. The number of aryl methyl sites for hydroxylation is 2. The molecule has 0 N–H and O–H groups in total. The lowest BCUT2D eigenvalue weighted by molar-refractivity contribution is -0.129. The first-order valence-corrected chi connectivity index (χ1v) is 12.6. The van der Waals surface area contributed by atoms with Gasteiger partial charge in [0.15, 0.2) is 5.54 Å². The van der Waals surface area contributed by atoms with E-state index in [9.17, 15) is 9.59 Å². The zero-order valence-electron chi connectivity index (χ0n) is 19.3. The number of aromatic nitrogens is 2. The molecule has 2 bridgehead atoms. The van der Waals surface area contributed by atoms with Gasteiger partial charge in [-0.1, -0.05) is 70.5 Å². The third-order valence-electron chi connectivity index (χ3n) is 7.99. The highest BCUT2D eigenvalue weighted by Crippen LogP contribution is 2.66. The van der Waals surface area contributed by atoms with Crippen LogP contribution in [0, 0.1) is 19.8 Å². The molecule has 1 saturated heterocycles. The molecule has 4 aliphatic rings. The highest BCUT2D eigenvalue weighted by atomic mass is 79.9. The summed E-state index contributed by atoms with van der Waals surface area (Å²) in [6.07, 6.45) is 0. The zero-order valence-corrected chi connectivity index (χ0v) is 20.9. The second kappa shape index (κ2) is 7.01. The molecule has 0 radical (unpaired) electrons. The molecular formula is C29H22BrN3O2. The van der Waals surface area contributed by atoms with Gasteiger partial charge in [-0.3, -0.25) is 14.3 Å². The fourth-order valence-electron chi connectivity index (χ4n) is 6.93. The Morgan fingerprint density at radius 3 is 2.03 bits per heavy atom. The molecule has 172 valence electrons. The van der Waals surface area contributed by atoms with Crippen LogP contribution in [0.2, 0.25) is 0 Å². The summed E-state index contributed by atoms with van der Waals surface area (Å²) in [5.41, 5.74) is 5.61. The van der Waals surface area contributed by atoms with E-state index in [1.54, 1.807) is 0 Å². The van der Waals surface area contributed by atoms with E-state index >= 15 is 0 Å². The van der Waals surface area contributed by atoms with Crippen LogP contribution < -0.4 is 4.90 Å². The Morgan fingerprint density at radius 2 is 1.46 bits per heavy atom. The SMILES string of the molecule is Cc1cc(C)n(C23C(=O)N(c4cccc(Br)c4)C(=O)C2C2c4ccccc4C3c3ccccc32)n1. The molecule has 1 aromatic heterocycles. The molecule has 3 aromatic carbocycles. The van der Waals surface area contributed by atoms with Crippen molar-refractivity contribution in [2.45, 2.75) is 31.2 Å². The van der Waals surface area contributed by atoms with E-state index in [1.165, 1.54) is 4.90 Å². The molecule has 2 atom stereocenters. The van der Waals surface area contributed by atoms with Crippen LogP contribution in [0.4, 0.5) is 5.69 Å². The normalized spacial score (nSPS) is 26.0. The van der Waals surface area contributed by atoms with Crippen molar-refractivity contribution in [3.63, 3.8) is 0 Å². The van der Waals surface area contributed by atoms with Gasteiger partial charge in [0.05, 0.1) is 17.3 Å². The fourth-order valence-corrected chi connectivity index (χ4v) is 7.32. The molecule has 3 aliphatic carbocycles.